The third-order valence-corrected chi connectivity index (χ3v) is 4.66. The Labute approximate surface area is 157 Å². The lowest BCUT2D eigenvalue weighted by atomic mass is 10.1. The molecule has 0 aliphatic heterocycles. The number of hydrogen-bond acceptors (Lipinski definition) is 2. The van der Waals surface area contributed by atoms with Crippen molar-refractivity contribution in [3.8, 4) is 0 Å². The van der Waals surface area contributed by atoms with E-state index in [0.717, 1.165) is 25.2 Å². The summed E-state index contributed by atoms with van der Waals surface area (Å²) in [5.41, 5.74) is 7.66. The van der Waals surface area contributed by atoms with Gasteiger partial charge in [-0.25, -0.2) is 0 Å². The van der Waals surface area contributed by atoms with Crippen molar-refractivity contribution in [1.29, 1.82) is 0 Å². The van der Waals surface area contributed by atoms with E-state index in [1.54, 1.807) is 0 Å². The average Bonchev–Trinajstić information content (AvgIpc) is 2.68. The van der Waals surface area contributed by atoms with Crippen molar-refractivity contribution in [2.24, 2.45) is 0 Å². The molecule has 0 bridgehead atoms. The fourth-order valence-corrected chi connectivity index (χ4v) is 3.05. The summed E-state index contributed by atoms with van der Waals surface area (Å²) in [6, 6.07) is 25.9. The first-order chi connectivity index (χ1) is 12.7. The van der Waals surface area contributed by atoms with Gasteiger partial charge in [0.25, 0.3) is 0 Å². The molecule has 3 aromatic rings. The summed E-state index contributed by atoms with van der Waals surface area (Å²) in [7, 11) is 0. The molecule has 0 atom stereocenters. The summed E-state index contributed by atoms with van der Waals surface area (Å²) in [4.78, 5) is 0. The number of benzene rings is 3. The quantitative estimate of drug-likeness (QED) is 0.510. The molecule has 0 unspecified atom stereocenters. The third-order valence-electron chi connectivity index (χ3n) is 4.66. The highest BCUT2D eigenvalue weighted by atomic mass is 14.9. The van der Waals surface area contributed by atoms with E-state index in [2.05, 4.69) is 91.2 Å². The summed E-state index contributed by atoms with van der Waals surface area (Å²) < 4.78 is 0. The van der Waals surface area contributed by atoms with E-state index in [1.807, 2.05) is 6.07 Å². The van der Waals surface area contributed by atoms with Crippen LogP contribution < -0.4 is 10.6 Å². The Balaban J connectivity index is 1.60. The van der Waals surface area contributed by atoms with E-state index in [1.165, 1.54) is 34.4 Å². The van der Waals surface area contributed by atoms with Crippen LogP contribution in [0.15, 0.2) is 72.8 Å². The van der Waals surface area contributed by atoms with Gasteiger partial charge in [-0.3, -0.25) is 0 Å². The van der Waals surface area contributed by atoms with Gasteiger partial charge in [0.2, 0.25) is 0 Å². The van der Waals surface area contributed by atoms with Crippen LogP contribution in [0.4, 0.5) is 11.4 Å². The zero-order chi connectivity index (χ0) is 18.2. The van der Waals surface area contributed by atoms with Crippen LogP contribution in [-0.2, 0) is 19.5 Å². The molecule has 0 spiro atoms. The topological polar surface area (TPSA) is 24.1 Å². The van der Waals surface area contributed by atoms with Gasteiger partial charge in [0, 0.05) is 24.5 Å². The molecule has 2 nitrogen and oxygen atoms in total. The summed E-state index contributed by atoms with van der Waals surface area (Å²) in [5, 5.41) is 7.06. The highest BCUT2D eigenvalue weighted by Gasteiger charge is 2.02. The molecule has 0 aliphatic rings. The fourth-order valence-electron chi connectivity index (χ4n) is 3.05. The van der Waals surface area contributed by atoms with Gasteiger partial charge >= 0.3 is 0 Å². The van der Waals surface area contributed by atoms with E-state index in [4.69, 9.17) is 0 Å². The molecule has 0 fully saturated rings. The minimum Gasteiger partial charge on any atom is -0.381 e. The van der Waals surface area contributed by atoms with Crippen molar-refractivity contribution >= 4 is 11.4 Å². The van der Waals surface area contributed by atoms with E-state index in [-0.39, 0.29) is 0 Å². The molecule has 0 heterocycles. The summed E-state index contributed by atoms with van der Waals surface area (Å²) in [6.07, 6.45) is 2.34. The van der Waals surface area contributed by atoms with Gasteiger partial charge in [-0.2, -0.15) is 0 Å². The standard InChI is InChI=1S/C24H28N2/c1-3-7-20-11-14-23(15-12-20)26-18-22-16-24(13-10-19(22)2)25-17-21-8-5-4-6-9-21/h4-6,8-16,25-26H,3,7,17-18H2,1-2H3. The molecule has 2 N–H and O–H groups in total. The van der Waals surface area contributed by atoms with Crippen LogP contribution in [0.2, 0.25) is 0 Å². The Morgan fingerprint density at radius 1 is 0.692 bits per heavy atom. The predicted molar refractivity (Wildman–Crippen MR) is 113 cm³/mol. The van der Waals surface area contributed by atoms with Crippen molar-refractivity contribution in [3.63, 3.8) is 0 Å². The Bertz CT molecular complexity index is 807. The zero-order valence-electron chi connectivity index (χ0n) is 15.8. The first kappa shape index (κ1) is 18.1. The Kier molecular flexibility index (Phi) is 6.32. The monoisotopic (exact) mass is 344 g/mol. The first-order valence-corrected chi connectivity index (χ1v) is 9.44. The number of rotatable bonds is 8. The largest absolute Gasteiger partial charge is 0.381 e. The second-order valence-corrected chi connectivity index (χ2v) is 6.78. The summed E-state index contributed by atoms with van der Waals surface area (Å²) in [5.74, 6) is 0. The third kappa shape index (κ3) is 5.13. The molecule has 3 aromatic carbocycles. The molecule has 2 heteroatoms. The molecular formula is C24H28N2. The maximum Gasteiger partial charge on any atom is 0.0404 e. The highest BCUT2D eigenvalue weighted by Crippen LogP contribution is 2.19. The number of anilines is 2. The molecule has 0 aliphatic carbocycles. The molecule has 134 valence electrons. The van der Waals surface area contributed by atoms with E-state index in [9.17, 15) is 0 Å². The summed E-state index contributed by atoms with van der Waals surface area (Å²) in [6.45, 7) is 6.06. The van der Waals surface area contributed by atoms with Crippen LogP contribution in [0.5, 0.6) is 0 Å². The lowest BCUT2D eigenvalue weighted by Crippen LogP contribution is -2.04. The van der Waals surface area contributed by atoms with E-state index in [0.29, 0.717) is 0 Å². The lowest BCUT2D eigenvalue weighted by Gasteiger charge is -2.13. The predicted octanol–water partition coefficient (Wildman–Crippen LogP) is 6.17. The number of aryl methyl sites for hydroxylation is 2. The minimum atomic E-state index is 0.833. The van der Waals surface area contributed by atoms with Gasteiger partial charge in [-0.05, 0) is 59.9 Å². The molecule has 0 saturated heterocycles. The SMILES string of the molecule is CCCc1ccc(NCc2cc(NCc3ccccc3)ccc2C)cc1. The second kappa shape index (κ2) is 9.10. The molecule has 0 radical (unpaired) electrons. The van der Waals surface area contributed by atoms with Gasteiger partial charge in [-0.15, -0.1) is 0 Å². The Hall–Kier alpha value is -2.74. The van der Waals surface area contributed by atoms with Crippen molar-refractivity contribution in [2.75, 3.05) is 10.6 Å². The number of nitrogens with one attached hydrogen (secondary N) is 2. The van der Waals surface area contributed by atoms with Gasteiger partial charge in [0.15, 0.2) is 0 Å². The smallest absolute Gasteiger partial charge is 0.0404 e. The lowest BCUT2D eigenvalue weighted by molar-refractivity contribution is 0.922. The molecular weight excluding hydrogens is 316 g/mol. The fraction of sp³-hybridized carbons (Fsp3) is 0.250. The Morgan fingerprint density at radius 2 is 1.38 bits per heavy atom. The van der Waals surface area contributed by atoms with E-state index >= 15 is 0 Å². The minimum absolute atomic E-state index is 0.833. The van der Waals surface area contributed by atoms with Crippen molar-refractivity contribution < 1.29 is 0 Å². The van der Waals surface area contributed by atoms with Crippen LogP contribution >= 0.6 is 0 Å². The van der Waals surface area contributed by atoms with Gasteiger partial charge in [-0.1, -0.05) is 61.9 Å². The molecule has 0 saturated carbocycles. The van der Waals surface area contributed by atoms with Crippen LogP contribution in [0.3, 0.4) is 0 Å². The highest BCUT2D eigenvalue weighted by molar-refractivity contribution is 5.51. The zero-order valence-corrected chi connectivity index (χ0v) is 15.8. The second-order valence-electron chi connectivity index (χ2n) is 6.78. The normalized spacial score (nSPS) is 10.5. The van der Waals surface area contributed by atoms with Crippen LogP contribution in [0.1, 0.15) is 35.6 Å². The average molecular weight is 345 g/mol. The Morgan fingerprint density at radius 3 is 2.12 bits per heavy atom. The van der Waals surface area contributed by atoms with Crippen molar-refractivity contribution in [3.05, 3.63) is 95.1 Å². The molecule has 3 rings (SSSR count). The van der Waals surface area contributed by atoms with Crippen LogP contribution in [0, 0.1) is 6.92 Å². The van der Waals surface area contributed by atoms with Crippen LogP contribution in [-0.4, -0.2) is 0 Å². The van der Waals surface area contributed by atoms with Crippen molar-refractivity contribution in [2.45, 2.75) is 39.8 Å². The van der Waals surface area contributed by atoms with Gasteiger partial charge in [0.1, 0.15) is 0 Å². The number of hydrogen-bond donors (Lipinski definition) is 2. The van der Waals surface area contributed by atoms with E-state index < -0.39 is 0 Å². The van der Waals surface area contributed by atoms with Gasteiger partial charge < -0.3 is 10.6 Å². The maximum atomic E-state index is 3.54. The first-order valence-electron chi connectivity index (χ1n) is 9.44. The molecule has 26 heavy (non-hydrogen) atoms. The molecule has 0 aromatic heterocycles. The van der Waals surface area contributed by atoms with Crippen molar-refractivity contribution in [1.82, 2.24) is 0 Å². The van der Waals surface area contributed by atoms with Gasteiger partial charge in [0.05, 0.1) is 0 Å². The maximum absolute atomic E-state index is 3.54. The molecule has 0 amide bonds. The summed E-state index contributed by atoms with van der Waals surface area (Å²) >= 11 is 0. The van der Waals surface area contributed by atoms with Crippen LogP contribution in [0.25, 0.3) is 0 Å².